The van der Waals surface area contributed by atoms with Gasteiger partial charge in [-0.15, -0.1) is 10.2 Å². The Morgan fingerprint density at radius 1 is 1.16 bits per heavy atom. The Kier molecular flexibility index (Phi) is 7.89. The average molecular weight is 441 g/mol. The summed E-state index contributed by atoms with van der Waals surface area (Å²) in [5, 5.41) is 15.9. The molecule has 0 aliphatic heterocycles. The molecule has 0 amide bonds. The zero-order valence-corrected chi connectivity index (χ0v) is 19.1. The van der Waals surface area contributed by atoms with Crippen molar-refractivity contribution >= 4 is 17.6 Å². The summed E-state index contributed by atoms with van der Waals surface area (Å²) in [4.78, 5) is 4.73. The van der Waals surface area contributed by atoms with E-state index in [-0.39, 0.29) is 6.04 Å². The SMILES string of the molecule is COc1ccc(CCNC(=NCc2nnc(C)n2C)NC(C)c2ccccc2Cl)cc1. The molecule has 3 rings (SSSR count). The van der Waals surface area contributed by atoms with Gasteiger partial charge in [-0.3, -0.25) is 0 Å². The molecule has 0 saturated carbocycles. The highest BCUT2D eigenvalue weighted by Gasteiger charge is 2.12. The summed E-state index contributed by atoms with van der Waals surface area (Å²) in [6.07, 6.45) is 0.855. The van der Waals surface area contributed by atoms with Gasteiger partial charge in [-0.2, -0.15) is 0 Å². The molecule has 2 N–H and O–H groups in total. The van der Waals surface area contributed by atoms with Gasteiger partial charge in [0.25, 0.3) is 0 Å². The lowest BCUT2D eigenvalue weighted by Crippen LogP contribution is -2.40. The molecule has 3 aromatic rings. The second kappa shape index (κ2) is 10.8. The summed E-state index contributed by atoms with van der Waals surface area (Å²) in [6.45, 7) is 5.13. The Morgan fingerprint density at radius 2 is 1.90 bits per heavy atom. The third-order valence-corrected chi connectivity index (χ3v) is 5.50. The van der Waals surface area contributed by atoms with E-state index in [2.05, 4.69) is 39.9 Å². The van der Waals surface area contributed by atoms with Gasteiger partial charge in [-0.05, 0) is 49.6 Å². The Balaban J connectivity index is 1.69. The molecule has 8 heteroatoms. The van der Waals surface area contributed by atoms with Gasteiger partial charge in [0.15, 0.2) is 11.8 Å². The van der Waals surface area contributed by atoms with Crippen molar-refractivity contribution in [3.8, 4) is 5.75 Å². The maximum absolute atomic E-state index is 6.38. The third-order valence-electron chi connectivity index (χ3n) is 5.15. The number of nitrogens with one attached hydrogen (secondary N) is 2. The summed E-state index contributed by atoms with van der Waals surface area (Å²) in [5.74, 6) is 3.21. The molecule has 2 aromatic carbocycles. The second-order valence-corrected chi connectivity index (χ2v) is 7.71. The first kappa shape index (κ1) is 22.6. The van der Waals surface area contributed by atoms with Crippen molar-refractivity contribution in [2.24, 2.45) is 12.0 Å². The molecule has 0 aliphatic rings. The number of hydrogen-bond donors (Lipinski definition) is 2. The van der Waals surface area contributed by atoms with E-state index in [1.54, 1.807) is 7.11 Å². The molecular weight excluding hydrogens is 412 g/mol. The van der Waals surface area contributed by atoms with E-state index in [1.165, 1.54) is 5.56 Å². The van der Waals surface area contributed by atoms with Gasteiger partial charge < -0.3 is 19.9 Å². The van der Waals surface area contributed by atoms with Gasteiger partial charge in [-0.1, -0.05) is 41.9 Å². The minimum atomic E-state index is -0.0119. The number of hydrogen-bond acceptors (Lipinski definition) is 4. The summed E-state index contributed by atoms with van der Waals surface area (Å²) in [5.41, 5.74) is 2.24. The number of rotatable bonds is 8. The molecule has 0 bridgehead atoms. The molecule has 1 unspecified atom stereocenters. The summed E-state index contributed by atoms with van der Waals surface area (Å²) < 4.78 is 7.16. The van der Waals surface area contributed by atoms with Crippen molar-refractivity contribution in [2.75, 3.05) is 13.7 Å². The van der Waals surface area contributed by atoms with E-state index in [4.69, 9.17) is 21.3 Å². The van der Waals surface area contributed by atoms with Crippen LogP contribution in [0.2, 0.25) is 5.02 Å². The fourth-order valence-corrected chi connectivity index (χ4v) is 3.42. The Hall–Kier alpha value is -3.06. The van der Waals surface area contributed by atoms with Crippen LogP contribution in [0.4, 0.5) is 0 Å². The van der Waals surface area contributed by atoms with Gasteiger partial charge in [-0.25, -0.2) is 4.99 Å². The molecule has 0 fully saturated rings. The van der Waals surface area contributed by atoms with Crippen molar-refractivity contribution < 1.29 is 4.74 Å². The normalized spacial score (nSPS) is 12.5. The number of aliphatic imine (C=N–C) groups is 1. The lowest BCUT2D eigenvalue weighted by Gasteiger charge is -2.19. The largest absolute Gasteiger partial charge is 0.497 e. The van der Waals surface area contributed by atoms with Gasteiger partial charge in [0.05, 0.1) is 13.2 Å². The van der Waals surface area contributed by atoms with Crippen LogP contribution in [0.5, 0.6) is 5.75 Å². The molecule has 31 heavy (non-hydrogen) atoms. The molecule has 1 heterocycles. The summed E-state index contributed by atoms with van der Waals surface area (Å²) >= 11 is 6.38. The number of benzene rings is 2. The van der Waals surface area contributed by atoms with Crippen LogP contribution in [0.25, 0.3) is 0 Å². The fourth-order valence-electron chi connectivity index (χ4n) is 3.12. The van der Waals surface area contributed by atoms with Crippen LogP contribution in [0.15, 0.2) is 53.5 Å². The van der Waals surface area contributed by atoms with Crippen LogP contribution in [0.1, 0.15) is 35.7 Å². The number of methoxy groups -OCH3 is 1. The molecule has 1 aromatic heterocycles. The quantitative estimate of drug-likeness (QED) is 0.411. The fraction of sp³-hybridized carbons (Fsp3) is 0.348. The monoisotopic (exact) mass is 440 g/mol. The minimum absolute atomic E-state index is 0.0119. The molecule has 0 saturated heterocycles. The number of guanidine groups is 1. The van der Waals surface area contributed by atoms with E-state index in [1.807, 2.05) is 54.9 Å². The molecule has 0 radical (unpaired) electrons. The van der Waals surface area contributed by atoms with Gasteiger partial charge in [0, 0.05) is 18.6 Å². The molecule has 164 valence electrons. The lowest BCUT2D eigenvalue weighted by molar-refractivity contribution is 0.414. The number of nitrogens with zero attached hydrogens (tertiary/aromatic N) is 4. The van der Waals surface area contributed by atoms with E-state index in [0.717, 1.165) is 40.9 Å². The molecule has 0 spiro atoms. The maximum Gasteiger partial charge on any atom is 0.192 e. The van der Waals surface area contributed by atoms with E-state index >= 15 is 0 Å². The van der Waals surface area contributed by atoms with E-state index < -0.39 is 0 Å². The molecule has 1 atom stereocenters. The smallest absolute Gasteiger partial charge is 0.192 e. The number of halogens is 1. The molecular formula is C23H29ClN6O. The van der Waals surface area contributed by atoms with Crippen LogP contribution in [-0.2, 0) is 20.0 Å². The van der Waals surface area contributed by atoms with Crippen LogP contribution in [0, 0.1) is 6.92 Å². The van der Waals surface area contributed by atoms with Crippen molar-refractivity contribution in [1.29, 1.82) is 0 Å². The zero-order chi connectivity index (χ0) is 22.2. The number of aromatic nitrogens is 3. The summed E-state index contributed by atoms with van der Waals surface area (Å²) in [6, 6.07) is 15.9. The van der Waals surface area contributed by atoms with E-state index in [9.17, 15) is 0 Å². The Labute approximate surface area is 188 Å². The van der Waals surface area contributed by atoms with Gasteiger partial charge in [0.2, 0.25) is 0 Å². The standard InChI is InChI=1S/C23H29ClN6O/c1-16(20-7-5-6-8-21(20)24)27-23(26-15-22-29-28-17(2)30(22)3)25-14-13-18-9-11-19(31-4)12-10-18/h5-12,16H,13-15H2,1-4H3,(H2,25,26,27). The number of aryl methyl sites for hydroxylation is 1. The van der Waals surface area contributed by atoms with Crippen LogP contribution in [-0.4, -0.2) is 34.4 Å². The van der Waals surface area contributed by atoms with Crippen molar-refractivity contribution in [3.63, 3.8) is 0 Å². The highest BCUT2D eigenvalue weighted by atomic mass is 35.5. The van der Waals surface area contributed by atoms with Crippen molar-refractivity contribution in [2.45, 2.75) is 32.9 Å². The van der Waals surface area contributed by atoms with E-state index in [0.29, 0.717) is 12.5 Å². The van der Waals surface area contributed by atoms with Crippen LogP contribution >= 0.6 is 11.6 Å². The first-order valence-electron chi connectivity index (χ1n) is 10.2. The number of ether oxygens (including phenoxy) is 1. The molecule has 7 nitrogen and oxygen atoms in total. The minimum Gasteiger partial charge on any atom is -0.497 e. The van der Waals surface area contributed by atoms with Crippen molar-refractivity contribution in [1.82, 2.24) is 25.4 Å². The third kappa shape index (κ3) is 6.21. The Bertz CT molecular complexity index is 1020. The lowest BCUT2D eigenvalue weighted by atomic mass is 10.1. The van der Waals surface area contributed by atoms with Crippen LogP contribution < -0.4 is 15.4 Å². The highest BCUT2D eigenvalue weighted by molar-refractivity contribution is 6.31. The zero-order valence-electron chi connectivity index (χ0n) is 18.4. The predicted molar refractivity (Wildman–Crippen MR) is 125 cm³/mol. The Morgan fingerprint density at radius 3 is 2.55 bits per heavy atom. The molecule has 0 aliphatic carbocycles. The van der Waals surface area contributed by atoms with Gasteiger partial charge in [0.1, 0.15) is 18.1 Å². The first-order chi connectivity index (χ1) is 15.0. The summed E-state index contributed by atoms with van der Waals surface area (Å²) in [7, 11) is 3.61. The first-order valence-corrected chi connectivity index (χ1v) is 10.6. The van der Waals surface area contributed by atoms with Crippen LogP contribution in [0.3, 0.4) is 0 Å². The van der Waals surface area contributed by atoms with Gasteiger partial charge >= 0.3 is 0 Å². The second-order valence-electron chi connectivity index (χ2n) is 7.30. The van der Waals surface area contributed by atoms with Crippen molar-refractivity contribution in [3.05, 3.63) is 76.3 Å². The topological polar surface area (TPSA) is 76.4 Å². The highest BCUT2D eigenvalue weighted by Crippen LogP contribution is 2.22. The average Bonchev–Trinajstić information content (AvgIpc) is 3.10. The maximum atomic E-state index is 6.38. The predicted octanol–water partition coefficient (Wildman–Crippen LogP) is 3.82.